The van der Waals surface area contributed by atoms with E-state index < -0.39 is 5.97 Å². The van der Waals surface area contributed by atoms with E-state index in [1.54, 1.807) is 12.1 Å². The van der Waals surface area contributed by atoms with Gasteiger partial charge in [-0.1, -0.05) is 6.07 Å². The Morgan fingerprint density at radius 2 is 2.19 bits per heavy atom. The fraction of sp³-hybridized carbons (Fsp3) is 0.100. The Morgan fingerprint density at radius 3 is 2.81 bits per heavy atom. The Hall–Kier alpha value is -2.37. The Morgan fingerprint density at radius 1 is 1.44 bits per heavy atom. The molecule has 0 spiro atoms. The first-order valence-corrected chi connectivity index (χ1v) is 4.57. The molecule has 16 heavy (non-hydrogen) atoms. The van der Waals surface area contributed by atoms with Gasteiger partial charge in [-0.3, -0.25) is 4.79 Å². The van der Waals surface area contributed by atoms with Crippen molar-refractivity contribution < 1.29 is 14.7 Å². The molecule has 6 nitrogen and oxygen atoms in total. The van der Waals surface area contributed by atoms with Crippen molar-refractivity contribution in [3.05, 3.63) is 29.6 Å². The number of carboxylic acids is 1. The van der Waals surface area contributed by atoms with Crippen molar-refractivity contribution in [2.24, 2.45) is 0 Å². The fourth-order valence-corrected chi connectivity index (χ4v) is 1.43. The average Bonchev–Trinajstić information content (AvgIpc) is 2.70. The number of benzene rings is 1. The Labute approximate surface area is 90.3 Å². The summed E-state index contributed by atoms with van der Waals surface area (Å²) in [5.41, 5.74) is 0.885. The molecule has 0 aliphatic rings. The number of carboxylic acid groups (broad SMARTS) is 1. The Bertz CT molecular complexity index is 574. The molecule has 0 saturated carbocycles. The van der Waals surface area contributed by atoms with Gasteiger partial charge in [0, 0.05) is 7.05 Å². The maximum atomic E-state index is 11.3. The molecule has 0 saturated heterocycles. The number of nitrogens with zero attached hydrogens (tertiary/aromatic N) is 1. The number of aromatic carboxylic acids is 1. The topological polar surface area (TPSA) is 95.1 Å². The van der Waals surface area contributed by atoms with Crippen LogP contribution in [0.3, 0.4) is 0 Å². The summed E-state index contributed by atoms with van der Waals surface area (Å²) in [6.45, 7) is 0. The van der Waals surface area contributed by atoms with E-state index in [-0.39, 0.29) is 22.8 Å². The van der Waals surface area contributed by atoms with Crippen LogP contribution in [0.25, 0.3) is 11.0 Å². The van der Waals surface area contributed by atoms with Crippen LogP contribution >= 0.6 is 0 Å². The zero-order chi connectivity index (χ0) is 11.7. The number of nitrogens with one attached hydrogen (secondary N) is 2. The molecular formula is C10H9N3O3. The maximum Gasteiger partial charge on any atom is 0.337 e. The van der Waals surface area contributed by atoms with Crippen LogP contribution in [0.15, 0.2) is 18.2 Å². The third kappa shape index (κ3) is 1.50. The SMILES string of the molecule is CNC(=O)c1nc2c(C(=O)O)cccc2[nH]1. The average molecular weight is 219 g/mol. The van der Waals surface area contributed by atoms with Crippen LogP contribution in [0.2, 0.25) is 0 Å². The summed E-state index contributed by atoms with van der Waals surface area (Å²) in [4.78, 5) is 28.9. The lowest BCUT2D eigenvalue weighted by atomic mass is 10.2. The molecule has 1 aromatic heterocycles. The van der Waals surface area contributed by atoms with E-state index in [0.29, 0.717) is 5.52 Å². The van der Waals surface area contributed by atoms with E-state index in [9.17, 15) is 9.59 Å². The van der Waals surface area contributed by atoms with Crippen molar-refractivity contribution in [2.45, 2.75) is 0 Å². The molecule has 3 N–H and O–H groups in total. The van der Waals surface area contributed by atoms with Gasteiger partial charge in [-0.25, -0.2) is 9.78 Å². The number of aromatic amines is 1. The molecule has 0 bridgehead atoms. The number of hydrogen-bond donors (Lipinski definition) is 3. The summed E-state index contributed by atoms with van der Waals surface area (Å²) >= 11 is 0. The van der Waals surface area contributed by atoms with Crippen molar-refractivity contribution in [3.8, 4) is 0 Å². The number of carbonyl (C=O) groups excluding carboxylic acids is 1. The minimum Gasteiger partial charge on any atom is -0.478 e. The van der Waals surface area contributed by atoms with Crippen molar-refractivity contribution in [3.63, 3.8) is 0 Å². The lowest BCUT2D eigenvalue weighted by Crippen LogP contribution is -2.19. The summed E-state index contributed by atoms with van der Waals surface area (Å²) in [5, 5.41) is 11.3. The lowest BCUT2D eigenvalue weighted by molar-refractivity contribution is 0.0698. The number of rotatable bonds is 2. The second-order valence-corrected chi connectivity index (χ2v) is 3.17. The first-order chi connectivity index (χ1) is 7.63. The number of imidazole rings is 1. The number of carbonyl (C=O) groups is 2. The van der Waals surface area contributed by atoms with Crippen LogP contribution in [0.1, 0.15) is 21.0 Å². The smallest absolute Gasteiger partial charge is 0.337 e. The second kappa shape index (κ2) is 3.65. The van der Waals surface area contributed by atoms with Gasteiger partial charge < -0.3 is 15.4 Å². The van der Waals surface area contributed by atoms with Crippen LogP contribution in [0.4, 0.5) is 0 Å². The fourth-order valence-electron chi connectivity index (χ4n) is 1.43. The first-order valence-electron chi connectivity index (χ1n) is 4.57. The van der Waals surface area contributed by atoms with Crippen molar-refractivity contribution in [1.29, 1.82) is 0 Å². The third-order valence-electron chi connectivity index (χ3n) is 2.19. The largest absolute Gasteiger partial charge is 0.478 e. The summed E-state index contributed by atoms with van der Waals surface area (Å²) in [6.07, 6.45) is 0. The molecule has 1 heterocycles. The summed E-state index contributed by atoms with van der Waals surface area (Å²) in [6, 6.07) is 4.71. The van der Waals surface area contributed by atoms with Gasteiger partial charge in [0.1, 0.15) is 5.52 Å². The highest BCUT2D eigenvalue weighted by Gasteiger charge is 2.15. The van der Waals surface area contributed by atoms with Crippen LogP contribution in [0, 0.1) is 0 Å². The predicted octanol–water partition coefficient (Wildman–Crippen LogP) is 0.621. The monoisotopic (exact) mass is 219 g/mol. The van der Waals surface area contributed by atoms with Gasteiger partial charge in [0.05, 0.1) is 11.1 Å². The molecule has 0 aliphatic carbocycles. The van der Waals surface area contributed by atoms with E-state index in [2.05, 4.69) is 15.3 Å². The number of H-pyrrole nitrogens is 1. The van der Waals surface area contributed by atoms with Crippen LogP contribution in [0.5, 0.6) is 0 Å². The number of para-hydroxylation sites is 1. The van der Waals surface area contributed by atoms with Gasteiger partial charge in [0.25, 0.3) is 5.91 Å². The zero-order valence-electron chi connectivity index (χ0n) is 8.44. The van der Waals surface area contributed by atoms with E-state index in [1.807, 2.05) is 0 Å². The molecule has 0 fully saturated rings. The Balaban J connectivity index is 2.65. The van der Waals surface area contributed by atoms with Gasteiger partial charge in [-0.05, 0) is 12.1 Å². The van der Waals surface area contributed by atoms with E-state index in [1.165, 1.54) is 13.1 Å². The summed E-state index contributed by atoms with van der Waals surface area (Å²) in [7, 11) is 1.48. The molecule has 1 aromatic carbocycles. The standard InChI is InChI=1S/C10H9N3O3/c1-11-9(14)8-12-6-4-2-3-5(10(15)16)7(6)13-8/h2-4H,1H3,(H,11,14)(H,12,13)(H,15,16). The second-order valence-electron chi connectivity index (χ2n) is 3.17. The maximum absolute atomic E-state index is 11.3. The highest BCUT2D eigenvalue weighted by molar-refractivity contribution is 6.03. The van der Waals surface area contributed by atoms with Crippen LogP contribution in [-0.4, -0.2) is 34.0 Å². The predicted molar refractivity (Wildman–Crippen MR) is 56.4 cm³/mol. The van der Waals surface area contributed by atoms with E-state index in [4.69, 9.17) is 5.11 Å². The van der Waals surface area contributed by atoms with Crippen molar-refractivity contribution in [2.75, 3.05) is 7.05 Å². The third-order valence-corrected chi connectivity index (χ3v) is 2.19. The van der Waals surface area contributed by atoms with E-state index >= 15 is 0 Å². The number of fused-ring (bicyclic) bond motifs is 1. The molecule has 0 aliphatic heterocycles. The number of aromatic nitrogens is 2. The Kier molecular flexibility index (Phi) is 2.32. The minimum atomic E-state index is -1.07. The number of amides is 1. The summed E-state index contributed by atoms with van der Waals surface area (Å²) < 4.78 is 0. The zero-order valence-corrected chi connectivity index (χ0v) is 8.44. The normalized spacial score (nSPS) is 10.3. The first kappa shape index (κ1) is 10.2. The summed E-state index contributed by atoms with van der Waals surface area (Å²) in [5.74, 6) is -1.35. The lowest BCUT2D eigenvalue weighted by Gasteiger charge is -1.93. The van der Waals surface area contributed by atoms with E-state index in [0.717, 1.165) is 0 Å². The van der Waals surface area contributed by atoms with Crippen LogP contribution < -0.4 is 5.32 Å². The molecule has 0 radical (unpaired) electrons. The molecular weight excluding hydrogens is 210 g/mol. The molecule has 2 aromatic rings. The van der Waals surface area contributed by atoms with Gasteiger partial charge in [0.15, 0.2) is 5.82 Å². The molecule has 0 atom stereocenters. The highest BCUT2D eigenvalue weighted by Crippen LogP contribution is 2.16. The van der Waals surface area contributed by atoms with Crippen molar-refractivity contribution >= 4 is 22.9 Å². The van der Waals surface area contributed by atoms with Gasteiger partial charge in [-0.15, -0.1) is 0 Å². The quantitative estimate of drug-likeness (QED) is 0.690. The molecule has 1 amide bonds. The molecule has 0 unspecified atom stereocenters. The minimum absolute atomic E-state index is 0.0731. The van der Waals surface area contributed by atoms with Crippen molar-refractivity contribution in [1.82, 2.24) is 15.3 Å². The van der Waals surface area contributed by atoms with Gasteiger partial charge in [-0.2, -0.15) is 0 Å². The van der Waals surface area contributed by atoms with Gasteiger partial charge in [0.2, 0.25) is 0 Å². The molecule has 82 valence electrons. The number of hydrogen-bond acceptors (Lipinski definition) is 3. The van der Waals surface area contributed by atoms with Gasteiger partial charge >= 0.3 is 5.97 Å². The highest BCUT2D eigenvalue weighted by atomic mass is 16.4. The van der Waals surface area contributed by atoms with Crippen LogP contribution in [-0.2, 0) is 0 Å². The molecule has 2 rings (SSSR count). The molecule has 6 heteroatoms.